The van der Waals surface area contributed by atoms with Crippen molar-refractivity contribution < 1.29 is 19.1 Å². The van der Waals surface area contributed by atoms with Crippen molar-refractivity contribution in [3.8, 4) is 0 Å². The lowest BCUT2D eigenvalue weighted by atomic mass is 9.89. The van der Waals surface area contributed by atoms with E-state index >= 15 is 0 Å². The molecule has 0 spiro atoms. The van der Waals surface area contributed by atoms with Gasteiger partial charge in [0.05, 0.1) is 25.0 Å². The maximum atomic E-state index is 11.9. The Labute approximate surface area is 203 Å². The van der Waals surface area contributed by atoms with Crippen LogP contribution < -0.4 is 0 Å². The van der Waals surface area contributed by atoms with E-state index in [1.807, 2.05) is 50.2 Å². The molecule has 0 aromatic heterocycles. The molecule has 0 bridgehead atoms. The van der Waals surface area contributed by atoms with Gasteiger partial charge in [0, 0.05) is 38.0 Å². The summed E-state index contributed by atoms with van der Waals surface area (Å²) in [5.41, 5.74) is 2.46. The van der Waals surface area contributed by atoms with Crippen LogP contribution in [0, 0.1) is 11.8 Å². The van der Waals surface area contributed by atoms with Crippen molar-refractivity contribution in [1.82, 2.24) is 9.80 Å². The molecule has 2 heterocycles. The molecule has 2 aromatic rings. The molecule has 2 aliphatic rings. The molecular formula is C28H38N2O4. The van der Waals surface area contributed by atoms with E-state index in [1.165, 1.54) is 11.1 Å². The van der Waals surface area contributed by atoms with E-state index in [0.717, 1.165) is 26.2 Å². The summed E-state index contributed by atoms with van der Waals surface area (Å²) in [7, 11) is 4.10. The van der Waals surface area contributed by atoms with Gasteiger partial charge in [0.15, 0.2) is 0 Å². The van der Waals surface area contributed by atoms with Crippen LogP contribution in [-0.2, 0) is 19.1 Å². The Kier molecular flexibility index (Phi) is 9.66. The van der Waals surface area contributed by atoms with Crippen LogP contribution in [0.5, 0.6) is 0 Å². The molecule has 2 saturated heterocycles. The smallest absolute Gasteiger partial charge is 0.310 e. The maximum absolute atomic E-state index is 11.9. The van der Waals surface area contributed by atoms with Crippen LogP contribution in [0.2, 0.25) is 0 Å². The first-order valence-electron chi connectivity index (χ1n) is 12.2. The lowest BCUT2D eigenvalue weighted by Crippen LogP contribution is -2.24. The third kappa shape index (κ3) is 6.67. The van der Waals surface area contributed by atoms with Crippen molar-refractivity contribution in [2.45, 2.75) is 25.7 Å². The first kappa shape index (κ1) is 25.9. The molecule has 0 amide bonds. The van der Waals surface area contributed by atoms with Crippen molar-refractivity contribution in [1.29, 1.82) is 0 Å². The molecule has 4 atom stereocenters. The highest BCUT2D eigenvalue weighted by atomic mass is 16.5. The van der Waals surface area contributed by atoms with Crippen LogP contribution in [0.3, 0.4) is 0 Å². The van der Waals surface area contributed by atoms with Gasteiger partial charge in [0.1, 0.15) is 0 Å². The van der Waals surface area contributed by atoms with Gasteiger partial charge in [-0.05, 0) is 39.1 Å². The normalized spacial score (nSPS) is 24.8. The highest BCUT2D eigenvalue weighted by Crippen LogP contribution is 2.33. The number of carbonyl (C=O) groups excluding carboxylic acids is 2. The van der Waals surface area contributed by atoms with Crippen molar-refractivity contribution in [2.24, 2.45) is 11.8 Å². The first-order chi connectivity index (χ1) is 16.4. The monoisotopic (exact) mass is 466 g/mol. The van der Waals surface area contributed by atoms with Gasteiger partial charge in [-0.2, -0.15) is 0 Å². The Morgan fingerprint density at radius 3 is 1.35 bits per heavy atom. The molecule has 2 fully saturated rings. The minimum absolute atomic E-state index is 0.0256. The topological polar surface area (TPSA) is 59.1 Å². The Morgan fingerprint density at radius 1 is 0.676 bits per heavy atom. The summed E-state index contributed by atoms with van der Waals surface area (Å²) >= 11 is 0. The number of likely N-dealkylation sites (tertiary alicyclic amines) is 2. The number of carbonyl (C=O) groups is 2. The van der Waals surface area contributed by atoms with Crippen LogP contribution in [0.25, 0.3) is 0 Å². The number of nitrogens with zero attached hydrogens (tertiary/aromatic N) is 2. The highest BCUT2D eigenvalue weighted by molar-refractivity contribution is 5.75. The van der Waals surface area contributed by atoms with Gasteiger partial charge in [0.2, 0.25) is 0 Å². The third-order valence-corrected chi connectivity index (χ3v) is 6.64. The van der Waals surface area contributed by atoms with E-state index in [9.17, 15) is 9.59 Å². The van der Waals surface area contributed by atoms with Crippen LogP contribution in [-0.4, -0.2) is 75.2 Å². The maximum Gasteiger partial charge on any atom is 0.310 e. The Hall–Kier alpha value is -2.70. The number of hydrogen-bond donors (Lipinski definition) is 0. The van der Waals surface area contributed by atoms with Gasteiger partial charge in [-0.25, -0.2) is 0 Å². The molecule has 34 heavy (non-hydrogen) atoms. The summed E-state index contributed by atoms with van der Waals surface area (Å²) in [6.07, 6.45) is 0. The molecule has 2 aliphatic heterocycles. The molecule has 184 valence electrons. The standard InChI is InChI=1S/2C14H19NO2/c2*1-3-17-14(16)13-10-15(2)9-12(13)11-7-5-4-6-8-11/h2*4-8,12-13H,3,9-10H2,1-2H3/t2*12-,13+/m10/s1. The summed E-state index contributed by atoms with van der Waals surface area (Å²) in [6, 6.07) is 20.5. The third-order valence-electron chi connectivity index (χ3n) is 6.64. The van der Waals surface area contributed by atoms with Crippen LogP contribution in [0.4, 0.5) is 0 Å². The lowest BCUT2D eigenvalue weighted by molar-refractivity contribution is -0.148. The lowest BCUT2D eigenvalue weighted by Gasteiger charge is -2.17. The molecule has 0 unspecified atom stereocenters. The molecule has 0 saturated carbocycles. The SMILES string of the molecule is CCOC(=O)[C@@H]1CN(C)C[C@H]1c1ccccc1.CCOC(=O)[C@H]1CN(C)C[C@@H]1c1ccccc1. The molecule has 0 aliphatic carbocycles. The number of esters is 2. The molecule has 0 radical (unpaired) electrons. The molecule has 2 aromatic carbocycles. The van der Waals surface area contributed by atoms with E-state index in [1.54, 1.807) is 0 Å². The quantitative estimate of drug-likeness (QED) is 0.604. The van der Waals surface area contributed by atoms with E-state index in [4.69, 9.17) is 9.47 Å². The van der Waals surface area contributed by atoms with Gasteiger partial charge >= 0.3 is 11.9 Å². The van der Waals surface area contributed by atoms with Crippen LogP contribution >= 0.6 is 0 Å². The Balaban J connectivity index is 0.000000191. The fraction of sp³-hybridized carbons (Fsp3) is 0.500. The van der Waals surface area contributed by atoms with Crippen molar-refractivity contribution in [2.75, 3.05) is 53.5 Å². The zero-order chi connectivity index (χ0) is 24.5. The number of rotatable bonds is 6. The van der Waals surface area contributed by atoms with E-state index in [2.05, 4.69) is 48.2 Å². The van der Waals surface area contributed by atoms with Crippen LogP contribution in [0.1, 0.15) is 36.8 Å². The Bertz CT molecular complexity index is 830. The number of hydrogen-bond acceptors (Lipinski definition) is 6. The van der Waals surface area contributed by atoms with Gasteiger partial charge in [-0.3, -0.25) is 9.59 Å². The van der Waals surface area contributed by atoms with Gasteiger partial charge < -0.3 is 19.3 Å². The average Bonchev–Trinajstić information content (AvgIpc) is 3.44. The largest absolute Gasteiger partial charge is 0.466 e. The minimum Gasteiger partial charge on any atom is -0.466 e. The second-order valence-corrected chi connectivity index (χ2v) is 9.19. The summed E-state index contributed by atoms with van der Waals surface area (Å²) in [4.78, 5) is 28.2. The van der Waals surface area contributed by atoms with Crippen molar-refractivity contribution in [3.63, 3.8) is 0 Å². The Morgan fingerprint density at radius 2 is 1.03 bits per heavy atom. The van der Waals surface area contributed by atoms with Crippen molar-refractivity contribution >= 4 is 11.9 Å². The molecule has 0 N–H and O–H groups in total. The zero-order valence-electron chi connectivity index (χ0n) is 20.9. The number of ether oxygens (including phenoxy) is 2. The van der Waals surface area contributed by atoms with Gasteiger partial charge in [-0.1, -0.05) is 60.7 Å². The van der Waals surface area contributed by atoms with Crippen molar-refractivity contribution in [3.05, 3.63) is 71.8 Å². The first-order valence-corrected chi connectivity index (χ1v) is 12.2. The number of benzene rings is 2. The summed E-state index contributed by atoms with van der Waals surface area (Å²) in [5, 5.41) is 0. The zero-order valence-corrected chi connectivity index (χ0v) is 20.9. The molecule has 4 rings (SSSR count). The van der Waals surface area contributed by atoms with E-state index in [0.29, 0.717) is 13.2 Å². The summed E-state index contributed by atoms with van der Waals surface area (Å²) in [5.74, 6) is 0.349. The second-order valence-electron chi connectivity index (χ2n) is 9.19. The fourth-order valence-electron chi connectivity index (χ4n) is 5.05. The van der Waals surface area contributed by atoms with E-state index in [-0.39, 0.29) is 35.6 Å². The van der Waals surface area contributed by atoms with Gasteiger partial charge in [0.25, 0.3) is 0 Å². The van der Waals surface area contributed by atoms with E-state index < -0.39 is 0 Å². The van der Waals surface area contributed by atoms with Crippen LogP contribution in [0.15, 0.2) is 60.7 Å². The summed E-state index contributed by atoms with van der Waals surface area (Å²) in [6.45, 7) is 8.06. The fourth-order valence-corrected chi connectivity index (χ4v) is 5.05. The predicted octanol–water partition coefficient (Wildman–Crippen LogP) is 3.79. The molecule has 6 nitrogen and oxygen atoms in total. The predicted molar refractivity (Wildman–Crippen MR) is 134 cm³/mol. The second kappa shape index (κ2) is 12.7. The average molecular weight is 467 g/mol. The molecular weight excluding hydrogens is 428 g/mol. The van der Waals surface area contributed by atoms with Gasteiger partial charge in [-0.15, -0.1) is 0 Å². The highest BCUT2D eigenvalue weighted by Gasteiger charge is 2.38. The minimum atomic E-state index is -0.0642. The summed E-state index contributed by atoms with van der Waals surface area (Å²) < 4.78 is 10.3. The number of likely N-dealkylation sites (N-methyl/N-ethyl adjacent to an activating group) is 2. The molecule has 6 heteroatoms.